The van der Waals surface area contributed by atoms with Crippen molar-refractivity contribution in [3.8, 4) is 0 Å². The third-order valence-electron chi connectivity index (χ3n) is 7.22. The molecular formula is C32H38N12Na4O15S4. The van der Waals surface area contributed by atoms with Gasteiger partial charge in [-0.2, -0.15) is 34.2 Å². The molecule has 0 bridgehead atoms. The number of aliphatic hydroxyl groups is 2. The molecule has 0 saturated heterocycles. The summed E-state index contributed by atoms with van der Waals surface area (Å²) >= 11 is 1.07. The van der Waals surface area contributed by atoms with Crippen LogP contribution in [0, 0.1) is 0 Å². The van der Waals surface area contributed by atoms with Crippen LogP contribution in [0.15, 0.2) is 51.2 Å². The average Bonchev–Trinajstić information content (AvgIpc) is 3.23. The second-order valence-electron chi connectivity index (χ2n) is 11.7. The van der Waals surface area contributed by atoms with Crippen LogP contribution >= 0.6 is 24.1 Å². The predicted molar refractivity (Wildman–Crippen MR) is 222 cm³/mol. The van der Waals surface area contributed by atoms with Crippen LogP contribution in [-0.2, 0) is 43.4 Å². The van der Waals surface area contributed by atoms with Gasteiger partial charge in [-0.25, -0.2) is 21.8 Å². The van der Waals surface area contributed by atoms with E-state index in [-0.39, 0.29) is 235 Å². The van der Waals surface area contributed by atoms with Gasteiger partial charge in [0.15, 0.2) is 0 Å². The van der Waals surface area contributed by atoms with Crippen molar-refractivity contribution in [2.24, 2.45) is 4.99 Å². The van der Waals surface area contributed by atoms with Crippen molar-refractivity contribution < 1.29 is 188 Å². The van der Waals surface area contributed by atoms with Crippen LogP contribution in [0.4, 0.5) is 47.1 Å². The van der Waals surface area contributed by atoms with E-state index in [1.54, 1.807) is 6.07 Å². The van der Waals surface area contributed by atoms with Gasteiger partial charge in [0.2, 0.25) is 29.7 Å². The molecule has 7 N–H and O–H groups in total. The molecule has 4 rings (SSSR count). The van der Waals surface area contributed by atoms with Gasteiger partial charge in [-0.1, -0.05) is 24.3 Å². The Balaban J connectivity index is 0.0000109. The van der Waals surface area contributed by atoms with Gasteiger partial charge in [0.05, 0.1) is 66.2 Å². The van der Waals surface area contributed by atoms with E-state index in [0.717, 1.165) is 6.07 Å². The molecule has 2 heterocycles. The van der Waals surface area contributed by atoms with Gasteiger partial charge in [0.25, 0.3) is 5.95 Å². The molecule has 0 spiro atoms. The minimum absolute atomic E-state index is 0. The monoisotopic (exact) mass is 1050 g/mol. The van der Waals surface area contributed by atoms with Crippen molar-refractivity contribution in [3.63, 3.8) is 0 Å². The minimum atomic E-state index is -5.09. The Morgan fingerprint density at radius 1 is 0.672 bits per heavy atom. The van der Waals surface area contributed by atoms with Gasteiger partial charge in [0, 0.05) is 66.2 Å². The van der Waals surface area contributed by atoms with Gasteiger partial charge < -0.3 is 70.2 Å². The fraction of sp³-hybridized carbons (Fsp3) is 0.344. The minimum Gasteiger partial charge on any atom is -0.748 e. The number of hydrogen-bond donors (Lipinski definition) is 7. The molecule has 2 aromatic heterocycles. The van der Waals surface area contributed by atoms with Crippen molar-refractivity contribution in [3.05, 3.63) is 47.5 Å². The number of aliphatic imine (C=N–C) groups is 1. The molecule has 2 aromatic carbocycles. The van der Waals surface area contributed by atoms with Gasteiger partial charge >= 0.3 is 118 Å². The zero-order valence-corrected chi connectivity index (χ0v) is 47.7. The summed E-state index contributed by atoms with van der Waals surface area (Å²) in [4.78, 5) is 28.9. The van der Waals surface area contributed by atoms with E-state index in [4.69, 9.17) is 19.7 Å². The first kappa shape index (κ1) is 66.0. The first-order valence-corrected chi connectivity index (χ1v) is 22.5. The summed E-state index contributed by atoms with van der Waals surface area (Å²) < 4.78 is 89.4. The summed E-state index contributed by atoms with van der Waals surface area (Å²) in [6.07, 6.45) is 4.08. The number of hydrogen-bond acceptors (Lipinski definition) is 29. The second kappa shape index (κ2) is 36.0. The SMILES string of the molecule is O=S(=O)([O-])CCNc1nc(NCCOCCO)nc(Nc2ccc(C=Cc3ccc(Nc4nc(/N=C\CSOO[O-])nc(NCCOCCO)n4)cc3S(=O)(=O)[O-])c(SO[O-])c2)n1.[Na+].[Na+].[Na+].[Na+]. The normalized spacial score (nSPS) is 11.3. The van der Waals surface area contributed by atoms with Crippen LogP contribution in [-0.4, -0.2) is 143 Å². The maximum Gasteiger partial charge on any atom is 1.00 e. The summed E-state index contributed by atoms with van der Waals surface area (Å²) in [5.74, 6) is -0.950. The van der Waals surface area contributed by atoms with Crippen LogP contribution in [0.3, 0.4) is 0 Å². The first-order valence-electron chi connectivity index (χ1n) is 17.9. The summed E-state index contributed by atoms with van der Waals surface area (Å²) in [6, 6.07) is 8.41. The molecule has 0 aliphatic carbocycles. The molecule has 0 aliphatic rings. The van der Waals surface area contributed by atoms with Crippen molar-refractivity contribution >= 4 is 110 Å². The van der Waals surface area contributed by atoms with Crippen molar-refractivity contribution in [2.45, 2.75) is 9.79 Å². The van der Waals surface area contributed by atoms with Gasteiger partial charge in [-0.3, -0.25) is 5.04 Å². The van der Waals surface area contributed by atoms with Crippen LogP contribution in [0.5, 0.6) is 0 Å². The van der Waals surface area contributed by atoms with Crippen molar-refractivity contribution in [2.75, 3.05) is 97.4 Å². The molecule has 0 aliphatic heterocycles. The molecule has 0 amide bonds. The maximum absolute atomic E-state index is 12.5. The third-order valence-corrected chi connectivity index (χ3v) is 9.86. The van der Waals surface area contributed by atoms with Crippen molar-refractivity contribution in [1.29, 1.82) is 0 Å². The fourth-order valence-electron chi connectivity index (χ4n) is 4.70. The van der Waals surface area contributed by atoms with Crippen LogP contribution in [0.1, 0.15) is 11.1 Å². The van der Waals surface area contributed by atoms with E-state index in [9.17, 15) is 36.5 Å². The zero-order valence-electron chi connectivity index (χ0n) is 36.4. The number of nitrogens with one attached hydrogen (secondary N) is 5. The van der Waals surface area contributed by atoms with E-state index in [1.165, 1.54) is 42.6 Å². The van der Waals surface area contributed by atoms with Gasteiger partial charge in [0.1, 0.15) is 10.1 Å². The van der Waals surface area contributed by atoms with Gasteiger partial charge in [-0.15, -0.1) is 0 Å². The Kier molecular flexibility index (Phi) is 35.5. The third kappa shape index (κ3) is 26.3. The quantitative estimate of drug-likeness (QED) is 0.00373. The summed E-state index contributed by atoms with van der Waals surface area (Å²) in [7, 11) is -9.63. The maximum atomic E-state index is 12.5. The molecule has 0 saturated carbocycles. The summed E-state index contributed by atoms with van der Waals surface area (Å²) in [6.45, 7) is 0.387. The molecule has 4 aromatic rings. The zero-order chi connectivity index (χ0) is 45.5. The largest absolute Gasteiger partial charge is 1.00 e. The van der Waals surface area contributed by atoms with Crippen LogP contribution in [0.25, 0.3) is 12.2 Å². The number of ether oxygens (including phenoxy) is 2. The molecule has 0 fully saturated rings. The Morgan fingerprint density at radius 3 is 1.73 bits per heavy atom. The molecule has 0 radical (unpaired) electrons. The molecule has 0 atom stereocenters. The van der Waals surface area contributed by atoms with E-state index in [0.29, 0.717) is 35.3 Å². The number of rotatable bonds is 30. The smallest absolute Gasteiger partial charge is 0.748 e. The Hall–Kier alpha value is -0.970. The molecule has 344 valence electrons. The van der Waals surface area contributed by atoms with Crippen LogP contribution in [0.2, 0.25) is 0 Å². The number of benzene rings is 2. The Labute approximate surface area is 481 Å². The topological polar surface area (TPSA) is 397 Å². The Morgan fingerprint density at radius 2 is 1.18 bits per heavy atom. The number of nitrogens with zero attached hydrogens (tertiary/aromatic N) is 7. The Bertz CT molecular complexity index is 2380. The molecule has 0 unspecified atom stereocenters. The molecular weight excluding hydrogens is 1010 g/mol. The summed E-state index contributed by atoms with van der Waals surface area (Å²) in [5, 5.41) is 56.6. The van der Waals surface area contributed by atoms with E-state index in [2.05, 4.69) is 75.2 Å². The fourth-order valence-corrected chi connectivity index (χ4v) is 6.46. The van der Waals surface area contributed by atoms with E-state index >= 15 is 0 Å². The predicted octanol–water partition coefficient (Wildman–Crippen LogP) is -12.7. The molecule has 35 heteroatoms. The average molecular weight is 1050 g/mol. The molecule has 27 nitrogen and oxygen atoms in total. The number of aliphatic hydroxyl groups excluding tert-OH is 2. The number of aromatic nitrogens is 6. The van der Waals surface area contributed by atoms with Crippen LogP contribution < -0.4 is 155 Å². The first-order chi connectivity index (χ1) is 30.3. The summed E-state index contributed by atoms with van der Waals surface area (Å²) in [5.41, 5.74) is 0.735. The van der Waals surface area contributed by atoms with Crippen molar-refractivity contribution in [1.82, 2.24) is 29.9 Å². The van der Waals surface area contributed by atoms with E-state index in [1.807, 2.05) is 0 Å². The second-order valence-corrected chi connectivity index (χ2v) is 16.0. The standard InChI is InChI=1S/C32H42N12O15S4.4Na/c45-11-15-55-13-7-33-27-39-29(35-9-17-60-59-57-47)43-32(42-27)38-24-6-4-22(26(20-24)63(52,53)54)2-1-21-3-5-23(19-25(21)61-58-48)37-31-41-28(34-8-14-56-16-12-46)40-30(44-31)36-10-18-62(49,50)51;;;;/h1-6,9,19-20,45-48H,7-8,10-18H2,(H,49,50,51)(H,52,53,54)(H2,33,38,39,42,43)(H3,34,36,37,40,41,44);;;;/q;4*+1/p-4/b2-1?,35-9-;;;;. The number of anilines is 7. The van der Waals surface area contributed by atoms with Gasteiger partial charge in [-0.05, 0) is 35.4 Å². The van der Waals surface area contributed by atoms with E-state index < -0.39 is 30.9 Å². The molecule has 67 heavy (non-hydrogen) atoms.